The number of carbonyl (C=O) groups excluding carboxylic acids is 2. The van der Waals surface area contributed by atoms with Crippen molar-refractivity contribution in [2.24, 2.45) is 14.1 Å². The number of nitrogens with one attached hydrogen (secondary N) is 1. The molecule has 8 heteroatoms. The van der Waals surface area contributed by atoms with Gasteiger partial charge in [-0.15, -0.1) is 0 Å². The normalized spacial score (nSPS) is 16.1. The number of nitrogens with zero attached hydrogens (tertiary/aromatic N) is 4. The van der Waals surface area contributed by atoms with Crippen LogP contribution in [0, 0.1) is 0 Å². The van der Waals surface area contributed by atoms with Crippen LogP contribution in [0.5, 0.6) is 0 Å². The number of likely N-dealkylation sites (tertiary alicyclic amines) is 1. The molecule has 1 fully saturated rings. The average molecular weight is 422 g/mol. The molecule has 4 rings (SSSR count). The second-order valence-electron chi connectivity index (χ2n) is 8.06. The molecule has 162 valence electrons. The molecule has 1 aliphatic rings. The number of pyridine rings is 1. The summed E-state index contributed by atoms with van der Waals surface area (Å²) in [5.41, 5.74) is 2.25. The molecule has 31 heavy (non-hydrogen) atoms. The number of amides is 2. The summed E-state index contributed by atoms with van der Waals surface area (Å²) in [6.45, 7) is 0.748. The lowest BCUT2D eigenvalue weighted by molar-refractivity contribution is -0.133. The summed E-state index contributed by atoms with van der Waals surface area (Å²) < 4.78 is 2.95. The van der Waals surface area contributed by atoms with E-state index in [4.69, 9.17) is 0 Å². The summed E-state index contributed by atoms with van der Waals surface area (Å²) in [6.07, 6.45) is 3.10. The highest BCUT2D eigenvalue weighted by molar-refractivity contribution is 5.93. The topological polar surface area (TPSA) is 89.2 Å². The zero-order valence-electron chi connectivity index (χ0n) is 17.9. The second-order valence-corrected chi connectivity index (χ2v) is 8.06. The number of aryl methyl sites for hydroxylation is 2. The highest BCUT2D eigenvalue weighted by Crippen LogP contribution is 2.22. The Bertz CT molecular complexity index is 1170. The Kier molecular flexibility index (Phi) is 5.88. The van der Waals surface area contributed by atoms with Crippen molar-refractivity contribution >= 4 is 28.8 Å². The number of anilines is 1. The Balaban J connectivity index is 1.34. The summed E-state index contributed by atoms with van der Waals surface area (Å²) >= 11 is 0. The lowest BCUT2D eigenvalue weighted by Gasteiger charge is -2.25. The molecule has 0 saturated carbocycles. The van der Waals surface area contributed by atoms with Crippen LogP contribution in [-0.4, -0.2) is 43.4 Å². The van der Waals surface area contributed by atoms with Crippen LogP contribution < -0.4 is 11.0 Å². The Labute approximate surface area is 180 Å². The fraction of sp³-hybridized carbons (Fsp3) is 0.391. The van der Waals surface area contributed by atoms with E-state index in [1.807, 2.05) is 23.1 Å². The molecular formula is C23H27N5O3. The van der Waals surface area contributed by atoms with Crippen LogP contribution in [0.3, 0.4) is 0 Å². The largest absolute Gasteiger partial charge is 0.339 e. The molecule has 8 nitrogen and oxygen atoms in total. The number of aromatic nitrogens is 3. The van der Waals surface area contributed by atoms with Gasteiger partial charge in [0.25, 0.3) is 0 Å². The van der Waals surface area contributed by atoms with Gasteiger partial charge in [0, 0.05) is 39.5 Å². The summed E-state index contributed by atoms with van der Waals surface area (Å²) in [6, 6.07) is 13.8. The number of benzene rings is 1. The first-order valence-electron chi connectivity index (χ1n) is 10.6. The van der Waals surface area contributed by atoms with Gasteiger partial charge >= 0.3 is 5.69 Å². The summed E-state index contributed by atoms with van der Waals surface area (Å²) in [4.78, 5) is 43.5. The number of hydrogen-bond donors (Lipinski definition) is 1. The maximum atomic E-state index is 12.8. The second kappa shape index (κ2) is 8.75. The van der Waals surface area contributed by atoms with Crippen molar-refractivity contribution in [1.82, 2.24) is 19.0 Å². The van der Waals surface area contributed by atoms with Crippen molar-refractivity contribution < 1.29 is 9.59 Å². The fourth-order valence-corrected chi connectivity index (χ4v) is 4.27. The van der Waals surface area contributed by atoms with Crippen LogP contribution >= 0.6 is 0 Å². The maximum Gasteiger partial charge on any atom is 0.329 e. The van der Waals surface area contributed by atoms with E-state index in [0.717, 1.165) is 25.8 Å². The first-order chi connectivity index (χ1) is 14.9. The molecule has 0 radical (unpaired) electrons. The van der Waals surface area contributed by atoms with Gasteiger partial charge in [-0.05, 0) is 37.0 Å². The number of rotatable bonds is 6. The summed E-state index contributed by atoms with van der Waals surface area (Å²) in [5.74, 6) is 0.122. The van der Waals surface area contributed by atoms with Gasteiger partial charge < -0.3 is 10.2 Å². The summed E-state index contributed by atoms with van der Waals surface area (Å²) in [7, 11) is 3.32. The molecule has 2 aromatic heterocycles. The van der Waals surface area contributed by atoms with Crippen LogP contribution in [0.1, 0.15) is 31.2 Å². The van der Waals surface area contributed by atoms with Gasteiger partial charge in [0.1, 0.15) is 5.82 Å². The Morgan fingerprint density at radius 2 is 1.84 bits per heavy atom. The first kappa shape index (κ1) is 20.8. The van der Waals surface area contributed by atoms with Crippen molar-refractivity contribution in [3.8, 4) is 0 Å². The molecule has 0 aliphatic carbocycles. The van der Waals surface area contributed by atoms with E-state index < -0.39 is 0 Å². The third-order valence-corrected chi connectivity index (χ3v) is 5.95. The predicted molar refractivity (Wildman–Crippen MR) is 119 cm³/mol. The molecule has 1 N–H and O–H groups in total. The Morgan fingerprint density at radius 1 is 1.06 bits per heavy atom. The van der Waals surface area contributed by atoms with E-state index >= 15 is 0 Å². The smallest absolute Gasteiger partial charge is 0.329 e. The summed E-state index contributed by atoms with van der Waals surface area (Å²) in [5, 5.41) is 2.74. The van der Waals surface area contributed by atoms with E-state index in [0.29, 0.717) is 17.0 Å². The van der Waals surface area contributed by atoms with Gasteiger partial charge in [-0.1, -0.05) is 30.3 Å². The maximum absolute atomic E-state index is 12.8. The minimum atomic E-state index is -0.264. The molecule has 1 aromatic carbocycles. The SMILES string of the molecule is Cn1c(=O)n(C)c2nc(NC(=O)CCC(=O)N3CCCC3Cc3ccccc3)ccc21. The van der Waals surface area contributed by atoms with Crippen LogP contribution in [0.15, 0.2) is 47.3 Å². The molecule has 3 aromatic rings. The zero-order chi connectivity index (χ0) is 22.0. The van der Waals surface area contributed by atoms with Gasteiger partial charge in [-0.3, -0.25) is 18.7 Å². The third kappa shape index (κ3) is 4.38. The van der Waals surface area contributed by atoms with Crippen LogP contribution in [-0.2, 0) is 30.1 Å². The predicted octanol–water partition coefficient (Wildman–Crippen LogP) is 2.22. The molecule has 3 heterocycles. The van der Waals surface area contributed by atoms with E-state index in [9.17, 15) is 14.4 Å². The van der Waals surface area contributed by atoms with Crippen molar-refractivity contribution in [3.05, 3.63) is 58.5 Å². The minimum Gasteiger partial charge on any atom is -0.339 e. The standard InChI is InChI=1S/C23H27N5O3/c1-26-18-10-11-19(25-22(18)27(2)23(26)31)24-20(29)12-13-21(30)28-14-6-9-17(28)15-16-7-4-3-5-8-16/h3-5,7-8,10-11,17H,6,9,12-15H2,1-2H3,(H,24,25,29). The highest BCUT2D eigenvalue weighted by atomic mass is 16.2. The van der Waals surface area contributed by atoms with Gasteiger partial charge in [0.2, 0.25) is 11.8 Å². The highest BCUT2D eigenvalue weighted by Gasteiger charge is 2.28. The van der Waals surface area contributed by atoms with Crippen molar-refractivity contribution in [2.75, 3.05) is 11.9 Å². The van der Waals surface area contributed by atoms with Crippen molar-refractivity contribution in [2.45, 2.75) is 38.1 Å². The molecule has 1 atom stereocenters. The number of carbonyl (C=O) groups is 2. The number of hydrogen-bond acceptors (Lipinski definition) is 4. The molecule has 1 aliphatic heterocycles. The molecule has 2 amide bonds. The Morgan fingerprint density at radius 3 is 2.61 bits per heavy atom. The molecule has 0 spiro atoms. The van der Waals surface area contributed by atoms with Crippen LogP contribution in [0.25, 0.3) is 11.2 Å². The van der Waals surface area contributed by atoms with E-state index in [-0.39, 0.29) is 36.4 Å². The molecule has 0 bridgehead atoms. The van der Waals surface area contributed by atoms with Crippen LogP contribution in [0.4, 0.5) is 5.82 Å². The van der Waals surface area contributed by atoms with E-state index in [2.05, 4.69) is 22.4 Å². The van der Waals surface area contributed by atoms with E-state index in [1.54, 1.807) is 26.2 Å². The molecule has 1 unspecified atom stereocenters. The lowest BCUT2D eigenvalue weighted by Crippen LogP contribution is -2.37. The van der Waals surface area contributed by atoms with Crippen LogP contribution in [0.2, 0.25) is 0 Å². The van der Waals surface area contributed by atoms with Gasteiger partial charge in [-0.25, -0.2) is 9.78 Å². The monoisotopic (exact) mass is 421 g/mol. The van der Waals surface area contributed by atoms with Gasteiger partial charge in [0.05, 0.1) is 5.52 Å². The number of fused-ring (bicyclic) bond motifs is 1. The number of imidazole rings is 1. The van der Waals surface area contributed by atoms with Crippen molar-refractivity contribution in [1.29, 1.82) is 0 Å². The quantitative estimate of drug-likeness (QED) is 0.661. The third-order valence-electron chi connectivity index (χ3n) is 5.95. The van der Waals surface area contributed by atoms with Gasteiger partial charge in [0.15, 0.2) is 5.65 Å². The first-order valence-corrected chi connectivity index (χ1v) is 10.6. The lowest BCUT2D eigenvalue weighted by atomic mass is 10.0. The zero-order valence-corrected chi connectivity index (χ0v) is 17.9. The Hall–Kier alpha value is -3.42. The van der Waals surface area contributed by atoms with Gasteiger partial charge in [-0.2, -0.15) is 0 Å². The minimum absolute atomic E-state index is 0.0162. The van der Waals surface area contributed by atoms with Crippen molar-refractivity contribution in [3.63, 3.8) is 0 Å². The molecular weight excluding hydrogens is 394 g/mol. The van der Waals surface area contributed by atoms with E-state index in [1.165, 1.54) is 14.7 Å². The molecule has 1 saturated heterocycles. The fourth-order valence-electron chi connectivity index (χ4n) is 4.27. The average Bonchev–Trinajstić information content (AvgIpc) is 3.32.